The third kappa shape index (κ3) is 5.17. The van der Waals surface area contributed by atoms with E-state index in [0.717, 1.165) is 0 Å². The predicted molar refractivity (Wildman–Crippen MR) is 87.5 cm³/mol. The molecule has 2 rings (SSSR count). The number of Topliss-reactive ketones (excluding diaryl/α,β-unsaturated/α-hetero) is 1. The van der Waals surface area contributed by atoms with E-state index in [-0.39, 0.29) is 18.0 Å². The number of ether oxygens (including phenoxy) is 2. The quantitative estimate of drug-likeness (QED) is 0.603. The average Bonchev–Trinajstić information content (AvgIpc) is 2.97. The first-order chi connectivity index (χ1) is 11.9. The number of methoxy groups -OCH3 is 1. The number of nitrogens with zero attached hydrogens (tertiary/aromatic N) is 1. The molecule has 0 atom stereocenters. The Balaban J connectivity index is 1.92. The zero-order chi connectivity index (χ0) is 18.4. The second-order valence-corrected chi connectivity index (χ2v) is 5.29. The van der Waals surface area contributed by atoms with Crippen molar-refractivity contribution < 1.29 is 28.4 Å². The number of aromatic nitrogens is 1. The summed E-state index contributed by atoms with van der Waals surface area (Å²) in [6, 6.07) is 6.33. The first-order valence-electron chi connectivity index (χ1n) is 7.45. The molecular weight excluding hydrogens is 328 g/mol. The van der Waals surface area contributed by atoms with Gasteiger partial charge in [0.25, 0.3) is 5.91 Å². The number of anilines is 1. The van der Waals surface area contributed by atoms with E-state index in [0.29, 0.717) is 22.6 Å². The molecule has 0 bridgehead atoms. The van der Waals surface area contributed by atoms with Gasteiger partial charge < -0.3 is 19.3 Å². The van der Waals surface area contributed by atoms with Gasteiger partial charge in [-0.1, -0.05) is 5.16 Å². The van der Waals surface area contributed by atoms with Crippen LogP contribution in [0.15, 0.2) is 28.8 Å². The Bertz CT molecular complexity index is 796. The summed E-state index contributed by atoms with van der Waals surface area (Å²) in [5.74, 6) is -0.0280. The lowest BCUT2D eigenvalue weighted by atomic mass is 10.0. The van der Waals surface area contributed by atoms with Crippen LogP contribution >= 0.6 is 0 Å². The zero-order valence-electron chi connectivity index (χ0n) is 14.1. The fourth-order valence-electron chi connectivity index (χ4n) is 2.09. The summed E-state index contributed by atoms with van der Waals surface area (Å²) in [7, 11) is 1.46. The summed E-state index contributed by atoms with van der Waals surface area (Å²) in [4.78, 5) is 35.1. The van der Waals surface area contributed by atoms with Crippen LogP contribution in [0.2, 0.25) is 0 Å². The van der Waals surface area contributed by atoms with Crippen molar-refractivity contribution in [1.82, 2.24) is 5.16 Å². The molecule has 132 valence electrons. The molecule has 1 heterocycles. The Morgan fingerprint density at radius 1 is 1.24 bits per heavy atom. The molecule has 1 amide bonds. The number of ketones is 1. The van der Waals surface area contributed by atoms with Gasteiger partial charge >= 0.3 is 5.97 Å². The van der Waals surface area contributed by atoms with Gasteiger partial charge in [-0.05, 0) is 32.0 Å². The van der Waals surface area contributed by atoms with Crippen LogP contribution < -0.4 is 10.1 Å². The van der Waals surface area contributed by atoms with Crippen LogP contribution in [0.25, 0.3) is 0 Å². The van der Waals surface area contributed by atoms with Crippen molar-refractivity contribution in [2.24, 2.45) is 0 Å². The van der Waals surface area contributed by atoms with Crippen LogP contribution in [-0.4, -0.2) is 36.5 Å². The molecule has 0 radical (unpaired) electrons. The van der Waals surface area contributed by atoms with Gasteiger partial charge in [0.2, 0.25) is 0 Å². The summed E-state index contributed by atoms with van der Waals surface area (Å²) >= 11 is 0. The number of carbonyl (C=O) groups is 3. The maximum atomic E-state index is 11.9. The molecule has 0 saturated carbocycles. The SMILES string of the molecule is COc1ccc(C(C)=O)cc1CC(=O)OCC(=O)Nc1cc(C)on1. The molecule has 0 spiro atoms. The van der Waals surface area contributed by atoms with Crippen LogP contribution in [0.4, 0.5) is 5.82 Å². The number of carbonyl (C=O) groups excluding carboxylic acids is 3. The van der Waals surface area contributed by atoms with E-state index < -0.39 is 18.5 Å². The Labute approximate surface area is 144 Å². The van der Waals surface area contributed by atoms with Crippen LogP contribution in [0.3, 0.4) is 0 Å². The third-order valence-corrected chi connectivity index (χ3v) is 3.28. The smallest absolute Gasteiger partial charge is 0.310 e. The maximum absolute atomic E-state index is 11.9. The van der Waals surface area contributed by atoms with Crippen molar-refractivity contribution in [3.05, 3.63) is 41.2 Å². The normalized spacial score (nSPS) is 10.2. The number of rotatable bonds is 7. The average molecular weight is 346 g/mol. The number of esters is 1. The Morgan fingerprint density at radius 2 is 2.00 bits per heavy atom. The molecule has 1 aromatic carbocycles. The molecule has 0 fully saturated rings. The largest absolute Gasteiger partial charge is 0.496 e. The van der Waals surface area contributed by atoms with Crippen molar-refractivity contribution in [3.8, 4) is 5.75 Å². The fourth-order valence-corrected chi connectivity index (χ4v) is 2.09. The van der Waals surface area contributed by atoms with Crippen LogP contribution in [-0.2, 0) is 20.7 Å². The standard InChI is InChI=1S/C17H18N2O6/c1-10-6-15(19-25-10)18-16(21)9-24-17(22)8-13-7-12(11(2)20)4-5-14(13)23-3/h4-7H,8-9H2,1-3H3,(H,18,19,21). The van der Waals surface area contributed by atoms with E-state index in [4.69, 9.17) is 14.0 Å². The minimum atomic E-state index is -0.620. The molecule has 1 aromatic heterocycles. The lowest BCUT2D eigenvalue weighted by Crippen LogP contribution is -2.22. The topological polar surface area (TPSA) is 108 Å². The van der Waals surface area contributed by atoms with Crippen LogP contribution in [0, 0.1) is 6.92 Å². The summed E-state index contributed by atoms with van der Waals surface area (Å²) in [5.41, 5.74) is 0.968. The number of hydrogen-bond donors (Lipinski definition) is 1. The minimum absolute atomic E-state index is 0.124. The summed E-state index contributed by atoms with van der Waals surface area (Å²) in [6.45, 7) is 2.66. The molecule has 0 aliphatic carbocycles. The van der Waals surface area contributed by atoms with E-state index in [9.17, 15) is 14.4 Å². The van der Waals surface area contributed by atoms with Gasteiger partial charge in [0.05, 0.1) is 13.5 Å². The van der Waals surface area contributed by atoms with Gasteiger partial charge in [-0.2, -0.15) is 0 Å². The van der Waals surface area contributed by atoms with Crippen molar-refractivity contribution >= 4 is 23.5 Å². The van der Waals surface area contributed by atoms with Gasteiger partial charge in [0.15, 0.2) is 18.2 Å². The summed E-state index contributed by atoms with van der Waals surface area (Å²) in [5, 5.41) is 6.04. The number of nitrogens with one attached hydrogen (secondary N) is 1. The van der Waals surface area contributed by atoms with Crippen molar-refractivity contribution in [3.63, 3.8) is 0 Å². The predicted octanol–water partition coefficient (Wildman–Crippen LogP) is 1.92. The van der Waals surface area contributed by atoms with E-state index >= 15 is 0 Å². The van der Waals surface area contributed by atoms with E-state index in [1.54, 1.807) is 25.1 Å². The Kier molecular flexibility index (Phi) is 5.89. The first kappa shape index (κ1) is 18.2. The number of benzene rings is 1. The lowest BCUT2D eigenvalue weighted by molar-refractivity contribution is -0.146. The number of amides is 1. The Hall–Kier alpha value is -3.16. The van der Waals surface area contributed by atoms with E-state index in [1.165, 1.54) is 20.1 Å². The van der Waals surface area contributed by atoms with Crippen molar-refractivity contribution in [2.45, 2.75) is 20.3 Å². The van der Waals surface area contributed by atoms with Gasteiger partial charge in [0, 0.05) is 17.2 Å². The first-order valence-corrected chi connectivity index (χ1v) is 7.45. The summed E-state index contributed by atoms with van der Waals surface area (Å²) < 4.78 is 14.9. The molecule has 8 heteroatoms. The number of hydrogen-bond acceptors (Lipinski definition) is 7. The maximum Gasteiger partial charge on any atom is 0.310 e. The second-order valence-electron chi connectivity index (χ2n) is 5.29. The zero-order valence-corrected chi connectivity index (χ0v) is 14.1. The van der Waals surface area contributed by atoms with Gasteiger partial charge in [-0.25, -0.2) is 0 Å². The molecule has 0 aliphatic heterocycles. The van der Waals surface area contributed by atoms with Gasteiger partial charge in [-0.15, -0.1) is 0 Å². The monoisotopic (exact) mass is 346 g/mol. The van der Waals surface area contributed by atoms with Gasteiger partial charge in [0.1, 0.15) is 11.5 Å². The molecule has 0 aliphatic rings. The van der Waals surface area contributed by atoms with Crippen LogP contribution in [0.5, 0.6) is 5.75 Å². The molecule has 8 nitrogen and oxygen atoms in total. The molecule has 25 heavy (non-hydrogen) atoms. The summed E-state index contributed by atoms with van der Waals surface area (Å²) in [6.07, 6.45) is -0.124. The molecular formula is C17H18N2O6. The van der Waals surface area contributed by atoms with Crippen molar-refractivity contribution in [2.75, 3.05) is 19.0 Å². The second kappa shape index (κ2) is 8.09. The third-order valence-electron chi connectivity index (χ3n) is 3.28. The van der Waals surface area contributed by atoms with Crippen molar-refractivity contribution in [1.29, 1.82) is 0 Å². The van der Waals surface area contributed by atoms with E-state index in [1.807, 2.05) is 0 Å². The molecule has 0 saturated heterocycles. The molecule has 1 N–H and O–H groups in total. The van der Waals surface area contributed by atoms with E-state index in [2.05, 4.69) is 10.5 Å². The highest BCUT2D eigenvalue weighted by Gasteiger charge is 2.14. The lowest BCUT2D eigenvalue weighted by Gasteiger charge is -2.10. The minimum Gasteiger partial charge on any atom is -0.496 e. The van der Waals surface area contributed by atoms with Crippen LogP contribution in [0.1, 0.15) is 28.6 Å². The molecule has 0 unspecified atom stereocenters. The van der Waals surface area contributed by atoms with Gasteiger partial charge in [-0.3, -0.25) is 14.4 Å². The fraction of sp³-hybridized carbons (Fsp3) is 0.294. The number of aryl methyl sites for hydroxylation is 1. The highest BCUT2D eigenvalue weighted by molar-refractivity contribution is 5.95. The highest BCUT2D eigenvalue weighted by Crippen LogP contribution is 2.21. The Morgan fingerprint density at radius 3 is 2.60 bits per heavy atom. The molecule has 2 aromatic rings. The highest BCUT2D eigenvalue weighted by atomic mass is 16.5.